The first-order valence-corrected chi connectivity index (χ1v) is 11.7. The van der Waals surface area contributed by atoms with E-state index in [2.05, 4.69) is 74.7 Å². The van der Waals surface area contributed by atoms with E-state index >= 15 is 0 Å². The second-order valence-electron chi connectivity index (χ2n) is 9.01. The summed E-state index contributed by atoms with van der Waals surface area (Å²) >= 11 is 0. The van der Waals surface area contributed by atoms with Crippen molar-refractivity contribution in [3.05, 3.63) is 72.3 Å². The Morgan fingerprint density at radius 3 is 2.64 bits per heavy atom. The number of methoxy groups -OCH3 is 1. The zero-order chi connectivity index (χ0) is 22.2. The molecule has 0 spiro atoms. The summed E-state index contributed by atoms with van der Waals surface area (Å²) in [7, 11) is 1.69. The van der Waals surface area contributed by atoms with Gasteiger partial charge in [0.05, 0.1) is 18.3 Å². The number of hydrogen-bond acceptors (Lipinski definition) is 3. The van der Waals surface area contributed by atoms with E-state index in [0.29, 0.717) is 0 Å². The fraction of sp³-hybridized carbons (Fsp3) is 0.250. The Morgan fingerprint density at radius 2 is 1.76 bits per heavy atom. The fourth-order valence-corrected chi connectivity index (χ4v) is 4.99. The van der Waals surface area contributed by atoms with Gasteiger partial charge in [0.15, 0.2) is 0 Å². The number of nitrogens with one attached hydrogen (secondary N) is 2. The zero-order valence-corrected chi connectivity index (χ0v) is 18.9. The first kappa shape index (κ1) is 20.1. The Hall–Kier alpha value is -3.57. The minimum atomic E-state index is 0.857. The number of rotatable bonds is 5. The summed E-state index contributed by atoms with van der Waals surface area (Å²) in [5.74, 6) is 0.857. The van der Waals surface area contributed by atoms with Crippen molar-refractivity contribution in [1.29, 1.82) is 0 Å². The van der Waals surface area contributed by atoms with E-state index in [-0.39, 0.29) is 0 Å². The van der Waals surface area contributed by atoms with Gasteiger partial charge in [0.1, 0.15) is 11.4 Å². The van der Waals surface area contributed by atoms with Crippen molar-refractivity contribution in [3.63, 3.8) is 0 Å². The molecule has 1 fully saturated rings. The molecule has 166 valence electrons. The molecule has 3 aromatic carbocycles. The Bertz CT molecular complexity index is 1420. The van der Waals surface area contributed by atoms with Gasteiger partial charge in [-0.25, -0.2) is 0 Å². The number of ether oxygens (including phenoxy) is 1. The molecule has 0 unspecified atom stereocenters. The second-order valence-corrected chi connectivity index (χ2v) is 9.01. The van der Waals surface area contributed by atoms with E-state index in [4.69, 9.17) is 4.74 Å². The quantitative estimate of drug-likeness (QED) is 0.336. The number of hydrogen-bond donors (Lipinski definition) is 2. The van der Waals surface area contributed by atoms with Gasteiger partial charge in [-0.3, -0.25) is 10.00 Å². The topological polar surface area (TPSA) is 56.9 Å². The number of nitrogens with zero attached hydrogens (tertiary/aromatic N) is 2. The fourth-order valence-electron chi connectivity index (χ4n) is 4.99. The summed E-state index contributed by atoms with van der Waals surface area (Å²) in [6, 6.07) is 23.6. The van der Waals surface area contributed by atoms with Gasteiger partial charge < -0.3 is 9.72 Å². The number of benzene rings is 3. The van der Waals surface area contributed by atoms with Gasteiger partial charge in [0.25, 0.3) is 0 Å². The molecule has 0 amide bonds. The van der Waals surface area contributed by atoms with Gasteiger partial charge in [0.2, 0.25) is 0 Å². The SMILES string of the molecule is COc1cccc(-c2ccc3c(-c4cc5cc(CN6CCCCC6)ccc5[nH]4)n[nH]c3c2)c1. The number of aromatic amines is 2. The predicted octanol–water partition coefficient (Wildman–Crippen LogP) is 6.37. The largest absolute Gasteiger partial charge is 0.497 e. The summed E-state index contributed by atoms with van der Waals surface area (Å²) in [5.41, 5.74) is 7.81. The van der Waals surface area contributed by atoms with Crippen LogP contribution in [0.25, 0.3) is 44.3 Å². The van der Waals surface area contributed by atoms with Crippen molar-refractivity contribution < 1.29 is 4.74 Å². The lowest BCUT2D eigenvalue weighted by Gasteiger charge is -2.26. The van der Waals surface area contributed by atoms with Gasteiger partial charge in [-0.2, -0.15) is 5.10 Å². The molecule has 5 aromatic rings. The zero-order valence-electron chi connectivity index (χ0n) is 18.9. The van der Waals surface area contributed by atoms with Crippen LogP contribution in [0.3, 0.4) is 0 Å². The Labute approximate surface area is 193 Å². The minimum absolute atomic E-state index is 0.857. The highest BCUT2D eigenvalue weighted by Crippen LogP contribution is 2.32. The monoisotopic (exact) mass is 436 g/mol. The molecule has 1 aliphatic heterocycles. The first-order chi connectivity index (χ1) is 16.3. The Balaban J connectivity index is 1.31. The average Bonchev–Trinajstić information content (AvgIpc) is 3.48. The van der Waals surface area contributed by atoms with Gasteiger partial charge >= 0.3 is 0 Å². The molecule has 5 nitrogen and oxygen atoms in total. The molecule has 1 aliphatic rings. The van der Waals surface area contributed by atoms with Crippen LogP contribution in [0.4, 0.5) is 0 Å². The van der Waals surface area contributed by atoms with Gasteiger partial charge in [-0.05, 0) is 85.1 Å². The first-order valence-electron chi connectivity index (χ1n) is 11.7. The highest BCUT2D eigenvalue weighted by Gasteiger charge is 2.14. The third-order valence-corrected chi connectivity index (χ3v) is 6.76. The third-order valence-electron chi connectivity index (χ3n) is 6.76. The van der Waals surface area contributed by atoms with Crippen molar-refractivity contribution >= 4 is 21.8 Å². The van der Waals surface area contributed by atoms with Gasteiger partial charge in [0, 0.05) is 22.8 Å². The van der Waals surface area contributed by atoms with Crippen molar-refractivity contribution in [2.24, 2.45) is 0 Å². The molecule has 3 heterocycles. The van der Waals surface area contributed by atoms with Crippen LogP contribution in [0.5, 0.6) is 5.75 Å². The maximum Gasteiger partial charge on any atom is 0.119 e. The second kappa shape index (κ2) is 8.41. The standard InChI is InChI=1S/C28H28N4O/c1-33-23-7-5-6-20(15-23)21-9-10-24-26(16-21)30-31-28(24)27-17-22-14-19(8-11-25(22)29-27)18-32-12-3-2-4-13-32/h5-11,14-17,29H,2-4,12-13,18H2,1H3,(H,30,31). The lowest BCUT2D eigenvalue weighted by molar-refractivity contribution is 0.221. The highest BCUT2D eigenvalue weighted by atomic mass is 16.5. The Kier molecular flexibility index (Phi) is 5.11. The molecular weight excluding hydrogens is 408 g/mol. The van der Waals surface area contributed by atoms with E-state index in [1.54, 1.807) is 7.11 Å². The molecule has 1 saturated heterocycles. The molecule has 2 aromatic heterocycles. The Morgan fingerprint density at radius 1 is 0.879 bits per heavy atom. The molecule has 5 heteroatoms. The summed E-state index contributed by atoms with van der Waals surface area (Å²) in [4.78, 5) is 6.14. The van der Waals surface area contributed by atoms with Crippen LogP contribution in [0.15, 0.2) is 66.7 Å². The van der Waals surface area contributed by atoms with Crippen molar-refractivity contribution in [1.82, 2.24) is 20.1 Å². The number of piperidine rings is 1. The maximum atomic E-state index is 5.38. The molecule has 0 radical (unpaired) electrons. The van der Waals surface area contributed by atoms with Crippen LogP contribution in [-0.4, -0.2) is 40.3 Å². The molecule has 33 heavy (non-hydrogen) atoms. The van der Waals surface area contributed by atoms with E-state index in [9.17, 15) is 0 Å². The van der Waals surface area contributed by atoms with Gasteiger partial charge in [-0.15, -0.1) is 0 Å². The summed E-state index contributed by atoms with van der Waals surface area (Å²) < 4.78 is 5.38. The molecule has 0 aliphatic carbocycles. The maximum absolute atomic E-state index is 5.38. The van der Waals surface area contributed by atoms with Crippen LogP contribution in [0.2, 0.25) is 0 Å². The van der Waals surface area contributed by atoms with Crippen molar-refractivity contribution in [3.8, 4) is 28.3 Å². The van der Waals surface area contributed by atoms with E-state index in [0.717, 1.165) is 51.2 Å². The number of aromatic nitrogens is 3. The molecule has 6 rings (SSSR count). The lowest BCUT2D eigenvalue weighted by Crippen LogP contribution is -2.28. The molecule has 0 bridgehead atoms. The summed E-state index contributed by atoms with van der Waals surface area (Å²) in [6.07, 6.45) is 4.01. The molecule has 0 saturated carbocycles. The number of likely N-dealkylation sites (tertiary alicyclic amines) is 1. The minimum Gasteiger partial charge on any atom is -0.497 e. The van der Waals surface area contributed by atoms with Crippen LogP contribution < -0.4 is 4.74 Å². The molecule has 2 N–H and O–H groups in total. The van der Waals surface area contributed by atoms with Crippen LogP contribution in [0.1, 0.15) is 24.8 Å². The number of H-pyrrole nitrogens is 2. The summed E-state index contributed by atoms with van der Waals surface area (Å²) in [6.45, 7) is 3.47. The smallest absolute Gasteiger partial charge is 0.119 e. The van der Waals surface area contributed by atoms with E-state index in [1.807, 2.05) is 12.1 Å². The number of fused-ring (bicyclic) bond motifs is 2. The normalized spacial score (nSPS) is 14.8. The van der Waals surface area contributed by atoms with Crippen molar-refractivity contribution in [2.75, 3.05) is 20.2 Å². The van der Waals surface area contributed by atoms with E-state index in [1.165, 1.54) is 43.3 Å². The van der Waals surface area contributed by atoms with Gasteiger partial charge in [-0.1, -0.05) is 30.7 Å². The van der Waals surface area contributed by atoms with Crippen molar-refractivity contribution in [2.45, 2.75) is 25.8 Å². The molecule has 0 atom stereocenters. The predicted molar refractivity (Wildman–Crippen MR) is 135 cm³/mol. The lowest BCUT2D eigenvalue weighted by atomic mass is 10.0. The average molecular weight is 437 g/mol. The van der Waals surface area contributed by atoms with Crippen LogP contribution in [-0.2, 0) is 6.54 Å². The summed E-state index contributed by atoms with van der Waals surface area (Å²) in [5, 5.41) is 10.2. The third kappa shape index (κ3) is 3.89. The molecular formula is C28H28N4O. The highest BCUT2D eigenvalue weighted by molar-refractivity contribution is 5.97. The van der Waals surface area contributed by atoms with Crippen LogP contribution >= 0.6 is 0 Å². The van der Waals surface area contributed by atoms with E-state index < -0.39 is 0 Å². The van der Waals surface area contributed by atoms with Crippen LogP contribution in [0, 0.1) is 0 Å².